The van der Waals surface area contributed by atoms with Crippen LogP contribution in [0.15, 0.2) is 18.2 Å². The van der Waals surface area contributed by atoms with E-state index < -0.39 is 0 Å². The van der Waals surface area contributed by atoms with E-state index in [2.05, 4.69) is 6.92 Å². The molecule has 1 aromatic rings. The predicted octanol–water partition coefficient (Wildman–Crippen LogP) is 2.22. The van der Waals surface area contributed by atoms with Gasteiger partial charge in [0.25, 0.3) is 0 Å². The first-order valence-corrected chi connectivity index (χ1v) is 4.09. The van der Waals surface area contributed by atoms with E-state index >= 15 is 0 Å². The molecule has 0 atom stereocenters. The molecule has 1 aromatic carbocycles. The highest BCUT2D eigenvalue weighted by Crippen LogP contribution is 2.18. The van der Waals surface area contributed by atoms with E-state index in [1.165, 1.54) is 0 Å². The number of hydrogen-bond acceptors (Lipinski definition) is 2. The van der Waals surface area contributed by atoms with Crippen molar-refractivity contribution >= 4 is 11.4 Å². The van der Waals surface area contributed by atoms with Crippen molar-refractivity contribution in [3.05, 3.63) is 29.3 Å². The molecule has 0 saturated heterocycles. The van der Waals surface area contributed by atoms with Gasteiger partial charge in [0.05, 0.1) is 0 Å². The van der Waals surface area contributed by atoms with E-state index in [-0.39, 0.29) is 0 Å². The average molecular weight is 162 g/mol. The first-order chi connectivity index (χ1) is 5.66. The van der Waals surface area contributed by atoms with Crippen molar-refractivity contribution in [2.75, 3.05) is 5.73 Å². The van der Waals surface area contributed by atoms with Crippen LogP contribution in [0.5, 0.6) is 0 Å². The summed E-state index contributed by atoms with van der Waals surface area (Å²) in [4.78, 5) is 0. The third kappa shape index (κ3) is 1.47. The van der Waals surface area contributed by atoms with Crippen molar-refractivity contribution in [3.8, 4) is 0 Å². The number of hydrogen-bond donors (Lipinski definition) is 2. The Hall–Kier alpha value is -1.31. The van der Waals surface area contributed by atoms with Gasteiger partial charge in [-0.1, -0.05) is 25.1 Å². The fourth-order valence-electron chi connectivity index (χ4n) is 1.25. The molecule has 0 aliphatic heterocycles. The lowest BCUT2D eigenvalue weighted by molar-refractivity contribution is 1.14. The van der Waals surface area contributed by atoms with Crippen LogP contribution >= 0.6 is 0 Å². The van der Waals surface area contributed by atoms with Gasteiger partial charge in [0.15, 0.2) is 0 Å². The number of para-hydroxylation sites is 1. The number of rotatable bonds is 2. The Labute approximate surface area is 72.9 Å². The standard InChI is InChI=1S/C10H14N2/c1-3-8-5-4-6-9(7(2)11)10(8)12/h4-6,11H,3,12H2,1-2H3. The molecule has 0 aromatic heterocycles. The maximum absolute atomic E-state index is 7.47. The van der Waals surface area contributed by atoms with Crippen molar-refractivity contribution in [2.45, 2.75) is 20.3 Å². The second-order valence-electron chi connectivity index (χ2n) is 2.86. The summed E-state index contributed by atoms with van der Waals surface area (Å²) >= 11 is 0. The zero-order valence-electron chi connectivity index (χ0n) is 7.52. The first kappa shape index (κ1) is 8.78. The van der Waals surface area contributed by atoms with Crippen LogP contribution in [-0.4, -0.2) is 5.71 Å². The molecule has 0 aliphatic rings. The molecule has 0 spiro atoms. The largest absolute Gasteiger partial charge is 0.398 e. The van der Waals surface area contributed by atoms with Gasteiger partial charge in [-0.2, -0.15) is 0 Å². The molecule has 2 heteroatoms. The van der Waals surface area contributed by atoms with Crippen molar-refractivity contribution in [2.24, 2.45) is 0 Å². The quantitative estimate of drug-likeness (QED) is 0.508. The lowest BCUT2D eigenvalue weighted by atomic mass is 10.0. The second-order valence-corrected chi connectivity index (χ2v) is 2.86. The minimum Gasteiger partial charge on any atom is -0.398 e. The number of nitrogens with two attached hydrogens (primary N) is 1. The normalized spacial score (nSPS) is 9.83. The molecular weight excluding hydrogens is 148 g/mol. The summed E-state index contributed by atoms with van der Waals surface area (Å²) in [5.41, 5.74) is 9.12. The van der Waals surface area contributed by atoms with Crippen LogP contribution in [0.2, 0.25) is 0 Å². The Kier molecular flexibility index (Phi) is 2.48. The molecule has 1 rings (SSSR count). The van der Waals surface area contributed by atoms with Gasteiger partial charge in [-0.3, -0.25) is 0 Å². The summed E-state index contributed by atoms with van der Waals surface area (Å²) in [6.07, 6.45) is 0.924. The molecule has 0 unspecified atom stereocenters. The number of nitrogens with one attached hydrogen (secondary N) is 1. The summed E-state index contributed by atoms with van der Waals surface area (Å²) in [5, 5.41) is 7.47. The highest BCUT2D eigenvalue weighted by Gasteiger charge is 2.03. The predicted molar refractivity (Wildman–Crippen MR) is 52.7 cm³/mol. The highest BCUT2D eigenvalue weighted by atomic mass is 14.6. The smallest absolute Gasteiger partial charge is 0.0438 e. The summed E-state index contributed by atoms with van der Waals surface area (Å²) < 4.78 is 0. The van der Waals surface area contributed by atoms with Crippen molar-refractivity contribution in [1.29, 1.82) is 5.41 Å². The van der Waals surface area contributed by atoms with Gasteiger partial charge in [-0.25, -0.2) is 0 Å². The summed E-state index contributed by atoms with van der Waals surface area (Å²) in [5.74, 6) is 0. The fraction of sp³-hybridized carbons (Fsp3) is 0.300. The Morgan fingerprint density at radius 1 is 1.50 bits per heavy atom. The lowest BCUT2D eigenvalue weighted by Gasteiger charge is -2.07. The summed E-state index contributed by atoms with van der Waals surface area (Å²) in [6.45, 7) is 3.82. The van der Waals surface area contributed by atoms with Gasteiger partial charge in [-0.15, -0.1) is 0 Å². The number of anilines is 1. The van der Waals surface area contributed by atoms with Crippen LogP contribution in [0.4, 0.5) is 5.69 Å². The van der Waals surface area contributed by atoms with Gasteiger partial charge in [-0.05, 0) is 18.9 Å². The van der Waals surface area contributed by atoms with Crippen molar-refractivity contribution < 1.29 is 0 Å². The SMILES string of the molecule is CCc1cccc(C(C)=N)c1N. The monoisotopic (exact) mass is 162 g/mol. The van der Waals surface area contributed by atoms with Crippen LogP contribution in [0.1, 0.15) is 25.0 Å². The van der Waals surface area contributed by atoms with Crippen LogP contribution in [0, 0.1) is 5.41 Å². The molecule has 3 N–H and O–H groups in total. The Bertz CT molecular complexity index is 303. The Morgan fingerprint density at radius 2 is 2.17 bits per heavy atom. The van der Waals surface area contributed by atoms with Gasteiger partial charge >= 0.3 is 0 Å². The maximum Gasteiger partial charge on any atom is 0.0438 e. The van der Waals surface area contributed by atoms with Gasteiger partial charge < -0.3 is 11.1 Å². The molecule has 0 aliphatic carbocycles. The summed E-state index contributed by atoms with van der Waals surface area (Å²) in [6, 6.07) is 5.83. The topological polar surface area (TPSA) is 49.9 Å². The number of nitrogen functional groups attached to an aromatic ring is 1. The van der Waals surface area contributed by atoms with E-state index in [9.17, 15) is 0 Å². The molecule has 0 heterocycles. The molecule has 64 valence electrons. The highest BCUT2D eigenvalue weighted by molar-refractivity contribution is 6.01. The van der Waals surface area contributed by atoms with E-state index in [4.69, 9.17) is 11.1 Å². The Balaban J connectivity index is 3.23. The molecule has 0 fully saturated rings. The van der Waals surface area contributed by atoms with Crippen LogP contribution < -0.4 is 5.73 Å². The van der Waals surface area contributed by atoms with E-state index in [1.807, 2.05) is 18.2 Å². The Morgan fingerprint density at radius 3 is 2.67 bits per heavy atom. The van der Waals surface area contributed by atoms with E-state index in [0.717, 1.165) is 23.2 Å². The molecule has 0 radical (unpaired) electrons. The zero-order valence-corrected chi connectivity index (χ0v) is 7.52. The molecular formula is C10H14N2. The minimum atomic E-state index is 0.530. The molecule has 0 bridgehead atoms. The maximum atomic E-state index is 7.47. The third-order valence-corrected chi connectivity index (χ3v) is 1.98. The number of benzene rings is 1. The molecule has 2 nitrogen and oxygen atoms in total. The fourth-order valence-corrected chi connectivity index (χ4v) is 1.25. The van der Waals surface area contributed by atoms with Gasteiger partial charge in [0, 0.05) is 17.0 Å². The average Bonchev–Trinajstić information content (AvgIpc) is 2.04. The molecule has 0 amide bonds. The number of aryl methyl sites for hydroxylation is 1. The first-order valence-electron chi connectivity index (χ1n) is 4.09. The van der Waals surface area contributed by atoms with Crippen LogP contribution in [0.25, 0.3) is 0 Å². The third-order valence-electron chi connectivity index (χ3n) is 1.98. The van der Waals surface area contributed by atoms with Crippen molar-refractivity contribution in [1.82, 2.24) is 0 Å². The molecule has 12 heavy (non-hydrogen) atoms. The van der Waals surface area contributed by atoms with E-state index in [1.54, 1.807) is 6.92 Å². The van der Waals surface area contributed by atoms with E-state index in [0.29, 0.717) is 5.71 Å². The van der Waals surface area contributed by atoms with Gasteiger partial charge in [0.1, 0.15) is 0 Å². The van der Waals surface area contributed by atoms with Crippen molar-refractivity contribution in [3.63, 3.8) is 0 Å². The summed E-state index contributed by atoms with van der Waals surface area (Å²) in [7, 11) is 0. The van der Waals surface area contributed by atoms with Gasteiger partial charge in [0.2, 0.25) is 0 Å². The molecule has 0 saturated carbocycles. The van der Waals surface area contributed by atoms with Crippen LogP contribution in [0.3, 0.4) is 0 Å². The zero-order chi connectivity index (χ0) is 9.14. The van der Waals surface area contributed by atoms with Crippen LogP contribution in [-0.2, 0) is 6.42 Å². The lowest BCUT2D eigenvalue weighted by Crippen LogP contribution is -2.02. The minimum absolute atomic E-state index is 0.530. The second kappa shape index (κ2) is 3.39.